The summed E-state index contributed by atoms with van der Waals surface area (Å²) >= 11 is 0. The summed E-state index contributed by atoms with van der Waals surface area (Å²) in [5, 5.41) is 41.1. The number of carboxylic acid groups (broad SMARTS) is 1. The van der Waals surface area contributed by atoms with E-state index in [1.807, 2.05) is 0 Å². The van der Waals surface area contributed by atoms with E-state index < -0.39 is 5.97 Å². The topological polar surface area (TPSA) is 98.0 Å². The molecule has 4 aliphatic rings. The van der Waals surface area contributed by atoms with Gasteiger partial charge in [0.15, 0.2) is 0 Å². The number of carboxylic acids is 1. The standard InChI is InChI=1S/C24H40O5/c1-14(3-6-21(28)29)19-12-20(27)22-17-5-4-15-11-16(26)7-9-23(15,2)18(17)8-10-24(19,22)13-25/h14-20,22,25-27H,3-13H2,1-2H3,(H,28,29)/t14-,15-,16-,17-,18+,19-,20-,22-,23+,24+/m1/s1. The van der Waals surface area contributed by atoms with E-state index in [1.165, 1.54) is 0 Å². The molecule has 0 heterocycles. The minimum Gasteiger partial charge on any atom is -0.481 e. The number of aliphatic carboxylic acids is 1. The van der Waals surface area contributed by atoms with E-state index in [2.05, 4.69) is 13.8 Å². The van der Waals surface area contributed by atoms with Gasteiger partial charge in [-0.2, -0.15) is 0 Å². The molecular weight excluding hydrogens is 368 g/mol. The second-order valence-corrected chi connectivity index (χ2v) is 11.3. The molecule has 0 aromatic carbocycles. The molecule has 5 nitrogen and oxygen atoms in total. The lowest BCUT2D eigenvalue weighted by Crippen LogP contribution is -2.57. The lowest BCUT2D eigenvalue weighted by Gasteiger charge is -2.61. The number of rotatable bonds is 5. The van der Waals surface area contributed by atoms with Crippen LogP contribution in [0.5, 0.6) is 0 Å². The normalized spacial score (nSPS) is 50.3. The van der Waals surface area contributed by atoms with Crippen molar-refractivity contribution in [3.63, 3.8) is 0 Å². The van der Waals surface area contributed by atoms with Crippen LogP contribution in [0, 0.1) is 46.3 Å². The lowest BCUT2D eigenvalue weighted by molar-refractivity contribution is -0.157. The van der Waals surface area contributed by atoms with Crippen LogP contribution in [0.1, 0.15) is 78.1 Å². The van der Waals surface area contributed by atoms with Crippen molar-refractivity contribution >= 4 is 5.97 Å². The molecule has 29 heavy (non-hydrogen) atoms. The molecule has 4 rings (SSSR count). The van der Waals surface area contributed by atoms with Gasteiger partial charge in [0.05, 0.1) is 12.2 Å². The van der Waals surface area contributed by atoms with Crippen LogP contribution in [0.4, 0.5) is 0 Å². The predicted octanol–water partition coefficient (Wildman–Crippen LogP) is 3.45. The maximum atomic E-state index is 11.2. The fraction of sp³-hybridized carbons (Fsp3) is 0.958. The molecule has 0 spiro atoms. The molecule has 0 radical (unpaired) electrons. The molecule has 4 fully saturated rings. The second-order valence-electron chi connectivity index (χ2n) is 11.3. The summed E-state index contributed by atoms with van der Waals surface area (Å²) in [6.07, 6.45) is 8.09. The molecule has 0 aromatic rings. The second kappa shape index (κ2) is 7.80. The summed E-state index contributed by atoms with van der Waals surface area (Å²) in [6, 6.07) is 0. The van der Waals surface area contributed by atoms with E-state index in [0.717, 1.165) is 44.9 Å². The number of hydrogen-bond donors (Lipinski definition) is 4. The van der Waals surface area contributed by atoms with Crippen LogP contribution in [0.3, 0.4) is 0 Å². The Bertz CT molecular complexity index is 622. The summed E-state index contributed by atoms with van der Waals surface area (Å²) in [4.78, 5) is 11.1. The highest BCUT2D eigenvalue weighted by molar-refractivity contribution is 5.66. The maximum absolute atomic E-state index is 11.2. The Kier molecular flexibility index (Phi) is 5.80. The molecule has 0 bridgehead atoms. The first-order valence-corrected chi connectivity index (χ1v) is 11.9. The van der Waals surface area contributed by atoms with E-state index in [1.54, 1.807) is 0 Å². The van der Waals surface area contributed by atoms with Crippen LogP contribution in [-0.2, 0) is 4.79 Å². The highest BCUT2D eigenvalue weighted by Crippen LogP contribution is 2.68. The quantitative estimate of drug-likeness (QED) is 0.559. The summed E-state index contributed by atoms with van der Waals surface area (Å²) in [6.45, 7) is 4.66. The average Bonchev–Trinajstić information content (AvgIpc) is 3.00. The van der Waals surface area contributed by atoms with Crippen molar-refractivity contribution in [2.75, 3.05) is 6.61 Å². The van der Waals surface area contributed by atoms with Gasteiger partial charge in [-0.15, -0.1) is 0 Å². The molecule has 0 saturated heterocycles. The zero-order valence-electron chi connectivity index (χ0n) is 18.1. The van der Waals surface area contributed by atoms with Gasteiger partial charge in [-0.25, -0.2) is 0 Å². The zero-order chi connectivity index (χ0) is 21.0. The third-order valence-electron chi connectivity index (χ3n) is 10.2. The van der Waals surface area contributed by atoms with Crippen molar-refractivity contribution in [3.8, 4) is 0 Å². The summed E-state index contributed by atoms with van der Waals surface area (Å²) in [5.74, 6) is 1.36. The predicted molar refractivity (Wildman–Crippen MR) is 110 cm³/mol. The van der Waals surface area contributed by atoms with Crippen molar-refractivity contribution in [1.29, 1.82) is 0 Å². The largest absolute Gasteiger partial charge is 0.481 e. The lowest BCUT2D eigenvalue weighted by atomic mass is 9.44. The Balaban J connectivity index is 1.59. The van der Waals surface area contributed by atoms with Gasteiger partial charge in [0, 0.05) is 18.4 Å². The Morgan fingerprint density at radius 1 is 1.10 bits per heavy atom. The van der Waals surface area contributed by atoms with Crippen molar-refractivity contribution in [2.45, 2.75) is 90.3 Å². The highest BCUT2D eigenvalue weighted by atomic mass is 16.4. The molecule has 0 amide bonds. The van der Waals surface area contributed by atoms with E-state index in [4.69, 9.17) is 5.11 Å². The Labute approximate surface area is 174 Å². The third kappa shape index (κ3) is 3.36. The van der Waals surface area contributed by atoms with Gasteiger partial charge in [-0.05, 0) is 98.7 Å². The molecule has 10 atom stereocenters. The Morgan fingerprint density at radius 2 is 1.86 bits per heavy atom. The molecule has 166 valence electrons. The van der Waals surface area contributed by atoms with E-state index in [-0.39, 0.29) is 53.8 Å². The molecular formula is C24H40O5. The van der Waals surface area contributed by atoms with Gasteiger partial charge in [-0.3, -0.25) is 4.79 Å². The van der Waals surface area contributed by atoms with Crippen LogP contribution >= 0.6 is 0 Å². The van der Waals surface area contributed by atoms with Gasteiger partial charge in [0.1, 0.15) is 0 Å². The smallest absolute Gasteiger partial charge is 0.303 e. The van der Waals surface area contributed by atoms with Gasteiger partial charge in [0.2, 0.25) is 0 Å². The highest BCUT2D eigenvalue weighted by Gasteiger charge is 2.64. The minimum atomic E-state index is -0.764. The number of hydrogen-bond acceptors (Lipinski definition) is 4. The maximum Gasteiger partial charge on any atom is 0.303 e. The SMILES string of the molecule is C[C@H](CCC(=O)O)[C@H]1C[C@@H](O)[C@H]2[C@@H]3CC[C@@H]4C[C@H](O)CC[C@]4(C)[C@H]3CC[C@@]21CO. The Morgan fingerprint density at radius 3 is 2.55 bits per heavy atom. The van der Waals surface area contributed by atoms with Gasteiger partial charge in [-0.1, -0.05) is 13.8 Å². The molecule has 0 aromatic heterocycles. The number of fused-ring (bicyclic) bond motifs is 5. The first-order valence-electron chi connectivity index (χ1n) is 11.9. The van der Waals surface area contributed by atoms with E-state index in [9.17, 15) is 20.1 Å². The summed E-state index contributed by atoms with van der Waals surface area (Å²) in [5.41, 5.74) is -0.00757. The van der Waals surface area contributed by atoms with Crippen molar-refractivity contribution in [1.82, 2.24) is 0 Å². The van der Waals surface area contributed by atoms with Crippen LogP contribution in [0.15, 0.2) is 0 Å². The van der Waals surface area contributed by atoms with E-state index >= 15 is 0 Å². The van der Waals surface area contributed by atoms with Gasteiger partial charge < -0.3 is 20.4 Å². The number of carbonyl (C=O) groups is 1. The fourth-order valence-corrected chi connectivity index (χ4v) is 8.80. The fourth-order valence-electron chi connectivity index (χ4n) is 8.80. The molecule has 4 N–H and O–H groups in total. The zero-order valence-corrected chi connectivity index (χ0v) is 18.1. The first kappa shape index (κ1) is 21.6. The monoisotopic (exact) mass is 408 g/mol. The first-order chi connectivity index (χ1) is 13.7. The molecule has 4 aliphatic carbocycles. The van der Waals surface area contributed by atoms with Gasteiger partial charge in [0.25, 0.3) is 0 Å². The van der Waals surface area contributed by atoms with Crippen LogP contribution in [0.2, 0.25) is 0 Å². The molecule has 0 aliphatic heterocycles. The van der Waals surface area contributed by atoms with Crippen LogP contribution in [-0.4, -0.2) is 45.2 Å². The number of aliphatic hydroxyl groups is 3. The van der Waals surface area contributed by atoms with Crippen LogP contribution in [0.25, 0.3) is 0 Å². The Hall–Kier alpha value is -0.650. The molecule has 0 unspecified atom stereocenters. The van der Waals surface area contributed by atoms with Crippen molar-refractivity contribution < 1.29 is 25.2 Å². The van der Waals surface area contributed by atoms with Crippen molar-refractivity contribution in [3.05, 3.63) is 0 Å². The summed E-state index contributed by atoms with van der Waals surface area (Å²) in [7, 11) is 0. The molecule has 4 saturated carbocycles. The average molecular weight is 409 g/mol. The minimum absolute atomic E-state index is 0.110. The van der Waals surface area contributed by atoms with Crippen LogP contribution < -0.4 is 0 Å². The molecule has 5 heteroatoms. The summed E-state index contributed by atoms with van der Waals surface area (Å²) < 4.78 is 0. The van der Waals surface area contributed by atoms with Crippen molar-refractivity contribution in [2.24, 2.45) is 46.3 Å². The third-order valence-corrected chi connectivity index (χ3v) is 10.2. The van der Waals surface area contributed by atoms with Gasteiger partial charge >= 0.3 is 5.97 Å². The van der Waals surface area contributed by atoms with E-state index in [0.29, 0.717) is 30.6 Å². The number of aliphatic hydroxyl groups excluding tert-OH is 3.